The van der Waals surface area contributed by atoms with Gasteiger partial charge in [-0.25, -0.2) is 0 Å². The third-order valence-electron chi connectivity index (χ3n) is 5.97. The van der Waals surface area contributed by atoms with E-state index in [9.17, 15) is 9.59 Å². The van der Waals surface area contributed by atoms with E-state index in [-0.39, 0.29) is 22.2 Å². The normalized spacial score (nSPS) is 13.9. The summed E-state index contributed by atoms with van der Waals surface area (Å²) in [6.45, 7) is 8.79. The van der Waals surface area contributed by atoms with Crippen LogP contribution in [0.5, 0.6) is 0 Å². The lowest BCUT2D eigenvalue weighted by molar-refractivity contribution is -0.139. The minimum absolute atomic E-state index is 0.0922. The highest BCUT2D eigenvalue weighted by molar-refractivity contribution is 7.80. The van der Waals surface area contributed by atoms with Gasteiger partial charge < -0.3 is 19.5 Å². The highest BCUT2D eigenvalue weighted by atomic mass is 35.5. The Morgan fingerprint density at radius 3 is 2.27 bits per heavy atom. The van der Waals surface area contributed by atoms with Gasteiger partial charge in [0.05, 0.1) is 10.0 Å². The van der Waals surface area contributed by atoms with E-state index in [0.717, 1.165) is 24.5 Å². The summed E-state index contributed by atoms with van der Waals surface area (Å²) in [6.07, 6.45) is 0. The van der Waals surface area contributed by atoms with Crippen molar-refractivity contribution in [1.82, 2.24) is 10.2 Å². The maximum atomic E-state index is 12.6. The zero-order valence-corrected chi connectivity index (χ0v) is 23.1. The van der Waals surface area contributed by atoms with Crippen LogP contribution in [0.15, 0.2) is 59.0 Å². The van der Waals surface area contributed by atoms with Crippen molar-refractivity contribution in [3.8, 4) is 11.3 Å². The predicted molar refractivity (Wildman–Crippen MR) is 153 cm³/mol. The Bertz CT molecular complexity index is 1310. The third-order valence-corrected chi connectivity index (χ3v) is 7.00. The topological polar surface area (TPSA) is 77.8 Å². The lowest BCUT2D eigenvalue weighted by atomic mass is 9.94. The van der Waals surface area contributed by atoms with Gasteiger partial charge in [-0.05, 0) is 60.7 Å². The van der Waals surface area contributed by atoms with Crippen LogP contribution in [0, 0.1) is 5.41 Å². The fourth-order valence-electron chi connectivity index (χ4n) is 4.02. The number of anilines is 2. The van der Waals surface area contributed by atoms with Crippen molar-refractivity contribution in [1.29, 1.82) is 0 Å². The SMILES string of the molecule is CC(C)(C)C(=O)N1CCN(c2ccc(NC(=S)NC(=O)c3ccc(-c4cccc(Cl)c4Cl)o3)cc2)CC1. The lowest BCUT2D eigenvalue weighted by Gasteiger charge is -2.38. The van der Waals surface area contributed by atoms with E-state index in [1.165, 1.54) is 0 Å². The van der Waals surface area contributed by atoms with Crippen LogP contribution in [0.25, 0.3) is 11.3 Å². The molecule has 3 aromatic rings. The number of amides is 2. The first-order chi connectivity index (χ1) is 17.5. The van der Waals surface area contributed by atoms with Gasteiger partial charge in [-0.15, -0.1) is 0 Å². The maximum Gasteiger partial charge on any atom is 0.293 e. The van der Waals surface area contributed by atoms with Gasteiger partial charge in [0, 0.05) is 48.5 Å². The summed E-state index contributed by atoms with van der Waals surface area (Å²) in [5.74, 6) is 0.216. The Morgan fingerprint density at radius 1 is 0.946 bits per heavy atom. The summed E-state index contributed by atoms with van der Waals surface area (Å²) < 4.78 is 5.67. The van der Waals surface area contributed by atoms with Crippen LogP contribution < -0.4 is 15.5 Å². The number of nitrogens with zero attached hydrogens (tertiary/aromatic N) is 2. The van der Waals surface area contributed by atoms with Gasteiger partial charge in [0.1, 0.15) is 5.76 Å². The van der Waals surface area contributed by atoms with Gasteiger partial charge in [0.2, 0.25) is 5.91 Å². The molecule has 2 aromatic carbocycles. The molecule has 1 aliphatic heterocycles. The number of halogens is 2. The Labute approximate surface area is 231 Å². The van der Waals surface area contributed by atoms with E-state index in [0.29, 0.717) is 34.5 Å². The van der Waals surface area contributed by atoms with Crippen molar-refractivity contribution in [3.05, 3.63) is 70.4 Å². The number of nitrogens with one attached hydrogen (secondary N) is 2. The number of furan rings is 1. The first-order valence-corrected chi connectivity index (χ1v) is 13.0. The van der Waals surface area contributed by atoms with Gasteiger partial charge in [0.25, 0.3) is 5.91 Å². The van der Waals surface area contributed by atoms with Crippen LogP contribution in [0.4, 0.5) is 11.4 Å². The summed E-state index contributed by atoms with van der Waals surface area (Å²) in [5.41, 5.74) is 2.02. The van der Waals surface area contributed by atoms with Gasteiger partial charge in [-0.1, -0.05) is 50.0 Å². The Morgan fingerprint density at radius 2 is 1.62 bits per heavy atom. The second kappa shape index (κ2) is 11.1. The van der Waals surface area contributed by atoms with Crippen LogP contribution in [-0.2, 0) is 4.79 Å². The average molecular weight is 560 g/mol. The molecule has 1 aromatic heterocycles. The molecular weight excluding hydrogens is 531 g/mol. The zero-order chi connectivity index (χ0) is 26.7. The Hall–Kier alpha value is -3.07. The number of rotatable bonds is 4. The largest absolute Gasteiger partial charge is 0.451 e. The van der Waals surface area contributed by atoms with Crippen molar-refractivity contribution in [2.24, 2.45) is 5.41 Å². The first kappa shape index (κ1) is 27.0. The smallest absolute Gasteiger partial charge is 0.293 e. The van der Waals surface area contributed by atoms with E-state index < -0.39 is 5.91 Å². The molecule has 2 amide bonds. The van der Waals surface area contributed by atoms with E-state index in [2.05, 4.69) is 15.5 Å². The Balaban J connectivity index is 1.30. The van der Waals surface area contributed by atoms with Crippen molar-refractivity contribution in [2.45, 2.75) is 20.8 Å². The minimum atomic E-state index is -0.485. The number of hydrogen-bond donors (Lipinski definition) is 2. The number of thiocarbonyl (C=S) groups is 1. The quantitative estimate of drug-likeness (QED) is 0.378. The molecule has 0 radical (unpaired) electrons. The molecule has 10 heteroatoms. The molecule has 0 bridgehead atoms. The molecule has 37 heavy (non-hydrogen) atoms. The van der Waals surface area contributed by atoms with Gasteiger partial charge in [-0.3, -0.25) is 14.9 Å². The average Bonchev–Trinajstić information content (AvgIpc) is 3.35. The van der Waals surface area contributed by atoms with Crippen molar-refractivity contribution in [3.63, 3.8) is 0 Å². The minimum Gasteiger partial charge on any atom is -0.451 e. The highest BCUT2D eigenvalue weighted by Crippen LogP contribution is 2.34. The molecule has 1 saturated heterocycles. The van der Waals surface area contributed by atoms with Gasteiger partial charge in [-0.2, -0.15) is 0 Å². The lowest BCUT2D eigenvalue weighted by Crippen LogP contribution is -2.51. The van der Waals surface area contributed by atoms with Gasteiger partial charge >= 0.3 is 0 Å². The van der Waals surface area contributed by atoms with E-state index in [1.807, 2.05) is 49.9 Å². The molecule has 4 rings (SSSR count). The summed E-state index contributed by atoms with van der Waals surface area (Å²) in [7, 11) is 0. The first-order valence-electron chi connectivity index (χ1n) is 11.8. The third kappa shape index (κ3) is 6.44. The molecular formula is C27H28Cl2N4O3S. The summed E-state index contributed by atoms with van der Waals surface area (Å²) in [5, 5.41) is 6.53. The fraction of sp³-hybridized carbons (Fsp3) is 0.296. The van der Waals surface area contributed by atoms with Crippen molar-refractivity contribution in [2.75, 3.05) is 36.4 Å². The van der Waals surface area contributed by atoms with Crippen LogP contribution in [-0.4, -0.2) is 48.0 Å². The van der Waals surface area contributed by atoms with Crippen LogP contribution in [0.2, 0.25) is 10.0 Å². The molecule has 2 heterocycles. The molecule has 0 aliphatic carbocycles. The maximum absolute atomic E-state index is 12.6. The molecule has 1 fully saturated rings. The molecule has 7 nitrogen and oxygen atoms in total. The van der Waals surface area contributed by atoms with Crippen LogP contribution in [0.3, 0.4) is 0 Å². The molecule has 2 N–H and O–H groups in total. The second-order valence-electron chi connectivity index (χ2n) is 9.75. The number of piperazine rings is 1. The molecule has 1 aliphatic rings. The summed E-state index contributed by atoms with van der Waals surface area (Å²) in [4.78, 5) is 29.3. The molecule has 194 valence electrons. The molecule has 0 unspecified atom stereocenters. The van der Waals surface area contributed by atoms with Crippen LogP contribution in [0.1, 0.15) is 31.3 Å². The van der Waals surface area contributed by atoms with E-state index in [4.69, 9.17) is 39.8 Å². The zero-order valence-electron chi connectivity index (χ0n) is 20.8. The molecule has 0 atom stereocenters. The Kier molecular flexibility index (Phi) is 8.11. The van der Waals surface area contributed by atoms with Crippen LogP contribution >= 0.6 is 35.4 Å². The summed E-state index contributed by atoms with van der Waals surface area (Å²) >= 11 is 17.6. The number of carbonyl (C=O) groups excluding carboxylic acids is 2. The van der Waals surface area contributed by atoms with Crippen molar-refractivity contribution < 1.29 is 14.0 Å². The predicted octanol–water partition coefficient (Wildman–Crippen LogP) is 6.07. The number of benzene rings is 2. The number of carbonyl (C=O) groups is 2. The highest BCUT2D eigenvalue weighted by Gasteiger charge is 2.29. The summed E-state index contributed by atoms with van der Waals surface area (Å²) in [6, 6.07) is 16.2. The monoisotopic (exact) mass is 558 g/mol. The van der Waals surface area contributed by atoms with E-state index >= 15 is 0 Å². The number of hydrogen-bond acceptors (Lipinski definition) is 5. The molecule has 0 saturated carbocycles. The fourth-order valence-corrected chi connectivity index (χ4v) is 4.63. The second-order valence-corrected chi connectivity index (χ2v) is 10.9. The van der Waals surface area contributed by atoms with Crippen molar-refractivity contribution >= 4 is 63.7 Å². The molecule has 0 spiro atoms. The standard InChI is InChI=1S/C27H28Cl2N4O3S/c1-27(2,3)25(35)33-15-13-32(14-16-33)18-9-7-17(8-10-18)30-26(37)31-24(34)22-12-11-21(36-22)19-5-4-6-20(28)23(19)29/h4-12H,13-16H2,1-3H3,(H2,30,31,34,37). The van der Waals surface area contributed by atoms with Gasteiger partial charge in [0.15, 0.2) is 10.9 Å². The van der Waals surface area contributed by atoms with E-state index in [1.54, 1.807) is 30.3 Å².